The minimum atomic E-state index is -0.0290. The van der Waals surface area contributed by atoms with E-state index in [9.17, 15) is 9.59 Å². The Morgan fingerprint density at radius 1 is 1.39 bits per heavy atom. The number of morpholine rings is 1. The van der Waals surface area contributed by atoms with Crippen molar-refractivity contribution in [2.24, 2.45) is 0 Å². The summed E-state index contributed by atoms with van der Waals surface area (Å²) in [6, 6.07) is 5.57. The van der Waals surface area contributed by atoms with Crippen LogP contribution in [0.5, 0.6) is 5.75 Å². The maximum absolute atomic E-state index is 12.3. The lowest BCUT2D eigenvalue weighted by molar-refractivity contribution is -0.145. The molecule has 2 atom stereocenters. The normalized spacial score (nSPS) is 23.9. The number of anilines is 1. The molecule has 1 aromatic carbocycles. The van der Waals surface area contributed by atoms with Crippen LogP contribution in [0.1, 0.15) is 25.8 Å². The van der Waals surface area contributed by atoms with Gasteiger partial charge in [0.05, 0.1) is 18.8 Å². The lowest BCUT2D eigenvalue weighted by Crippen LogP contribution is -2.51. The number of nitrogens with one attached hydrogen (secondary N) is 1. The van der Waals surface area contributed by atoms with Crippen LogP contribution >= 0.6 is 0 Å². The van der Waals surface area contributed by atoms with Gasteiger partial charge in [-0.05, 0) is 44.0 Å². The predicted molar refractivity (Wildman–Crippen MR) is 85.5 cm³/mol. The van der Waals surface area contributed by atoms with Crippen LogP contribution in [0.4, 0.5) is 5.69 Å². The zero-order valence-electron chi connectivity index (χ0n) is 13.5. The first kappa shape index (κ1) is 15.8. The van der Waals surface area contributed by atoms with Crippen LogP contribution in [-0.4, -0.2) is 48.6 Å². The highest BCUT2D eigenvalue weighted by atomic mass is 16.5. The molecule has 3 rings (SSSR count). The molecule has 6 nitrogen and oxygen atoms in total. The highest BCUT2D eigenvalue weighted by Gasteiger charge is 2.27. The van der Waals surface area contributed by atoms with Gasteiger partial charge in [-0.15, -0.1) is 0 Å². The van der Waals surface area contributed by atoms with Crippen LogP contribution in [0.15, 0.2) is 18.2 Å². The number of hydrogen-bond donors (Lipinski definition) is 1. The number of amides is 2. The van der Waals surface area contributed by atoms with Gasteiger partial charge in [-0.3, -0.25) is 9.59 Å². The average molecular weight is 318 g/mol. The Hall–Kier alpha value is -2.08. The fourth-order valence-corrected chi connectivity index (χ4v) is 2.93. The Kier molecular flexibility index (Phi) is 4.52. The largest absolute Gasteiger partial charge is 0.484 e. The van der Waals surface area contributed by atoms with E-state index in [4.69, 9.17) is 9.47 Å². The molecule has 0 radical (unpaired) electrons. The summed E-state index contributed by atoms with van der Waals surface area (Å²) in [6.45, 7) is 5.11. The average Bonchev–Trinajstić information content (AvgIpc) is 2.54. The van der Waals surface area contributed by atoms with E-state index in [0.29, 0.717) is 31.7 Å². The minimum absolute atomic E-state index is 0.0161. The number of ether oxygens (including phenoxy) is 2. The predicted octanol–water partition coefficient (Wildman–Crippen LogP) is 1.59. The van der Waals surface area contributed by atoms with E-state index in [-0.39, 0.29) is 30.6 Å². The number of fused-ring (bicyclic) bond motifs is 1. The van der Waals surface area contributed by atoms with Gasteiger partial charge in [0.15, 0.2) is 6.61 Å². The van der Waals surface area contributed by atoms with E-state index >= 15 is 0 Å². The third kappa shape index (κ3) is 3.64. The third-order valence-electron chi connectivity index (χ3n) is 4.26. The molecule has 124 valence electrons. The van der Waals surface area contributed by atoms with Crippen molar-refractivity contribution in [2.75, 3.05) is 25.1 Å². The van der Waals surface area contributed by atoms with Gasteiger partial charge in [0.1, 0.15) is 5.75 Å². The zero-order chi connectivity index (χ0) is 16.4. The van der Waals surface area contributed by atoms with Crippen molar-refractivity contribution >= 4 is 17.5 Å². The highest BCUT2D eigenvalue weighted by Crippen LogP contribution is 2.26. The van der Waals surface area contributed by atoms with Crippen LogP contribution < -0.4 is 10.1 Å². The molecule has 1 N–H and O–H groups in total. The summed E-state index contributed by atoms with van der Waals surface area (Å²) in [6.07, 6.45) is 1.24. The van der Waals surface area contributed by atoms with Crippen LogP contribution in [-0.2, 0) is 20.7 Å². The van der Waals surface area contributed by atoms with E-state index < -0.39 is 0 Å². The molecule has 1 aromatic rings. The molecule has 0 aromatic heterocycles. The Balaban J connectivity index is 1.60. The third-order valence-corrected chi connectivity index (χ3v) is 4.26. The van der Waals surface area contributed by atoms with Gasteiger partial charge in [-0.25, -0.2) is 0 Å². The fourth-order valence-electron chi connectivity index (χ4n) is 2.93. The Morgan fingerprint density at radius 2 is 2.22 bits per heavy atom. The fraction of sp³-hybridized carbons (Fsp3) is 0.529. The first-order valence-electron chi connectivity index (χ1n) is 7.99. The number of nitrogens with zero attached hydrogens (tertiary/aromatic N) is 1. The minimum Gasteiger partial charge on any atom is -0.484 e. The quantitative estimate of drug-likeness (QED) is 0.919. The number of carbonyl (C=O) groups is 2. The Labute approximate surface area is 135 Å². The van der Waals surface area contributed by atoms with Gasteiger partial charge in [-0.1, -0.05) is 0 Å². The first-order chi connectivity index (χ1) is 11.0. The molecule has 23 heavy (non-hydrogen) atoms. The Morgan fingerprint density at radius 3 is 3.04 bits per heavy atom. The second-order valence-corrected chi connectivity index (χ2v) is 6.19. The van der Waals surface area contributed by atoms with Gasteiger partial charge >= 0.3 is 0 Å². The molecule has 1 saturated heterocycles. The van der Waals surface area contributed by atoms with E-state index in [1.165, 1.54) is 0 Å². The second-order valence-electron chi connectivity index (χ2n) is 6.19. The number of hydrogen-bond acceptors (Lipinski definition) is 4. The topological polar surface area (TPSA) is 67.9 Å². The standard InChI is InChI=1S/C17H22N2O4/c1-11-9-22-12(2)8-19(11)17(21)10-23-14-4-5-15-13(7-14)3-6-16(20)18-15/h4-5,7,11-12H,3,6,8-10H2,1-2H3,(H,18,20)/t11-,12-/m1/s1. The maximum atomic E-state index is 12.3. The molecular weight excluding hydrogens is 296 g/mol. The van der Waals surface area contributed by atoms with Crippen molar-refractivity contribution in [2.45, 2.75) is 38.8 Å². The molecule has 1 fully saturated rings. The number of rotatable bonds is 3. The van der Waals surface area contributed by atoms with Gasteiger partial charge in [0.2, 0.25) is 5.91 Å². The molecule has 2 heterocycles. The molecule has 0 spiro atoms. The second kappa shape index (κ2) is 6.58. The van der Waals surface area contributed by atoms with Crippen molar-refractivity contribution in [1.82, 2.24) is 4.90 Å². The first-order valence-corrected chi connectivity index (χ1v) is 7.99. The van der Waals surface area contributed by atoms with E-state index in [0.717, 1.165) is 11.3 Å². The summed E-state index contributed by atoms with van der Waals surface area (Å²) in [4.78, 5) is 25.5. The summed E-state index contributed by atoms with van der Waals surface area (Å²) >= 11 is 0. The molecule has 0 bridgehead atoms. The molecule has 0 saturated carbocycles. The molecular formula is C17H22N2O4. The SMILES string of the molecule is C[C@@H]1CN(C(=O)COc2ccc3c(c2)CCC(=O)N3)[C@H](C)CO1. The monoisotopic (exact) mass is 318 g/mol. The lowest BCUT2D eigenvalue weighted by atomic mass is 10.0. The number of aryl methyl sites for hydroxylation is 1. The van der Waals surface area contributed by atoms with Crippen LogP contribution in [0.3, 0.4) is 0 Å². The lowest BCUT2D eigenvalue weighted by Gasteiger charge is -2.36. The number of benzene rings is 1. The van der Waals surface area contributed by atoms with E-state index in [2.05, 4.69) is 5.32 Å². The molecule has 0 unspecified atom stereocenters. The van der Waals surface area contributed by atoms with Crippen LogP contribution in [0.2, 0.25) is 0 Å². The maximum Gasteiger partial charge on any atom is 0.260 e. The number of carbonyl (C=O) groups excluding carboxylic acids is 2. The summed E-state index contributed by atoms with van der Waals surface area (Å²) in [5.74, 6) is 0.664. The molecule has 6 heteroatoms. The molecule has 2 amide bonds. The van der Waals surface area contributed by atoms with Crippen LogP contribution in [0.25, 0.3) is 0 Å². The summed E-state index contributed by atoms with van der Waals surface area (Å²) < 4.78 is 11.2. The molecule has 2 aliphatic rings. The Bertz CT molecular complexity index is 617. The highest BCUT2D eigenvalue weighted by molar-refractivity contribution is 5.94. The van der Waals surface area contributed by atoms with Crippen molar-refractivity contribution in [3.05, 3.63) is 23.8 Å². The van der Waals surface area contributed by atoms with E-state index in [1.807, 2.05) is 30.9 Å². The van der Waals surface area contributed by atoms with Gasteiger partial charge in [0, 0.05) is 18.7 Å². The van der Waals surface area contributed by atoms with Gasteiger partial charge < -0.3 is 19.7 Å². The van der Waals surface area contributed by atoms with Crippen LogP contribution in [0, 0.1) is 0 Å². The van der Waals surface area contributed by atoms with E-state index in [1.54, 1.807) is 6.07 Å². The zero-order valence-corrected chi connectivity index (χ0v) is 13.5. The molecule has 0 aliphatic carbocycles. The van der Waals surface area contributed by atoms with Crippen molar-refractivity contribution in [1.29, 1.82) is 0 Å². The summed E-state index contributed by atoms with van der Waals surface area (Å²) in [5, 5.41) is 2.83. The summed E-state index contributed by atoms with van der Waals surface area (Å²) in [5.41, 5.74) is 1.87. The van der Waals surface area contributed by atoms with Gasteiger partial charge in [-0.2, -0.15) is 0 Å². The molecule has 2 aliphatic heterocycles. The van der Waals surface area contributed by atoms with Crippen molar-refractivity contribution in [3.8, 4) is 5.75 Å². The van der Waals surface area contributed by atoms with Gasteiger partial charge in [0.25, 0.3) is 5.91 Å². The van der Waals surface area contributed by atoms with Crippen molar-refractivity contribution in [3.63, 3.8) is 0 Å². The smallest absolute Gasteiger partial charge is 0.260 e. The van der Waals surface area contributed by atoms with Crippen molar-refractivity contribution < 1.29 is 19.1 Å². The summed E-state index contributed by atoms with van der Waals surface area (Å²) in [7, 11) is 0.